The number of alkyl carbamates (subject to hydrolysis) is 1. The van der Waals surface area contributed by atoms with Gasteiger partial charge >= 0.3 is 12.1 Å². The molecule has 2 N–H and O–H groups in total. The molecule has 6 nitrogen and oxygen atoms in total. The Morgan fingerprint density at radius 2 is 2.09 bits per heavy atom. The summed E-state index contributed by atoms with van der Waals surface area (Å²) in [4.78, 5) is 23.4. The molecule has 2 heterocycles. The average Bonchev–Trinajstić information content (AvgIpc) is 3.13. The monoisotopic (exact) mass is 305 g/mol. The van der Waals surface area contributed by atoms with Crippen LogP contribution >= 0.6 is 0 Å². The first-order chi connectivity index (χ1) is 10.6. The van der Waals surface area contributed by atoms with Gasteiger partial charge in [-0.25, -0.2) is 4.79 Å². The fraction of sp³-hybridized carbons (Fsp3) is 0.500. The van der Waals surface area contributed by atoms with Crippen LogP contribution < -0.4 is 5.32 Å². The third-order valence-corrected chi connectivity index (χ3v) is 4.50. The van der Waals surface area contributed by atoms with Gasteiger partial charge in [-0.2, -0.15) is 0 Å². The molecule has 0 radical (unpaired) electrons. The molecule has 2 bridgehead atoms. The van der Waals surface area contributed by atoms with E-state index in [0.717, 1.165) is 18.4 Å². The molecular formula is C16H19NO5. The Labute approximate surface area is 128 Å². The number of rotatable bonds is 5. The van der Waals surface area contributed by atoms with E-state index in [1.54, 1.807) is 0 Å². The fourth-order valence-corrected chi connectivity index (χ4v) is 3.29. The van der Waals surface area contributed by atoms with E-state index in [4.69, 9.17) is 9.47 Å². The van der Waals surface area contributed by atoms with Gasteiger partial charge in [0.2, 0.25) is 0 Å². The number of hydrogen-bond acceptors (Lipinski definition) is 4. The van der Waals surface area contributed by atoms with Crippen molar-refractivity contribution in [3.8, 4) is 0 Å². The number of hydrogen-bond donors (Lipinski definition) is 2. The smallest absolute Gasteiger partial charge is 0.407 e. The van der Waals surface area contributed by atoms with Crippen LogP contribution in [-0.4, -0.2) is 35.9 Å². The van der Waals surface area contributed by atoms with E-state index in [1.165, 1.54) is 0 Å². The van der Waals surface area contributed by atoms with Gasteiger partial charge in [-0.3, -0.25) is 4.79 Å². The molecule has 118 valence electrons. The van der Waals surface area contributed by atoms with Gasteiger partial charge < -0.3 is 19.9 Å². The van der Waals surface area contributed by atoms with E-state index in [1.807, 2.05) is 30.3 Å². The summed E-state index contributed by atoms with van der Waals surface area (Å²) in [5, 5.41) is 12.1. The van der Waals surface area contributed by atoms with Crippen molar-refractivity contribution in [2.75, 3.05) is 6.54 Å². The molecular weight excluding hydrogens is 286 g/mol. The SMILES string of the molecule is O=C(NC[C@]1(C(=O)O)C[C@H]2CC[C@@H]1O2)OCc1ccccc1. The summed E-state index contributed by atoms with van der Waals surface area (Å²) in [5.41, 5.74) is -0.136. The van der Waals surface area contributed by atoms with Crippen molar-refractivity contribution in [3.05, 3.63) is 35.9 Å². The standard InChI is InChI=1S/C16H19NO5/c18-14(19)16(8-12-6-7-13(16)22-12)10-17-15(20)21-9-11-4-2-1-3-5-11/h1-5,12-13H,6-10H2,(H,17,20)(H,18,19)/t12-,13+,16-/m1/s1. The predicted molar refractivity (Wildman–Crippen MR) is 77.2 cm³/mol. The summed E-state index contributed by atoms with van der Waals surface area (Å²) in [5.74, 6) is -0.914. The highest BCUT2D eigenvalue weighted by molar-refractivity contribution is 5.78. The third-order valence-electron chi connectivity index (χ3n) is 4.50. The van der Waals surface area contributed by atoms with Gasteiger partial charge in [-0.15, -0.1) is 0 Å². The molecule has 2 aliphatic rings. The third kappa shape index (κ3) is 2.78. The van der Waals surface area contributed by atoms with Gasteiger partial charge in [0.15, 0.2) is 0 Å². The Balaban J connectivity index is 1.52. The minimum Gasteiger partial charge on any atom is -0.481 e. The molecule has 1 aromatic carbocycles. The number of carboxylic acids is 1. The van der Waals surface area contributed by atoms with Gasteiger partial charge in [-0.1, -0.05) is 30.3 Å². The molecule has 0 spiro atoms. The van der Waals surface area contributed by atoms with Gasteiger partial charge in [0.1, 0.15) is 12.0 Å². The van der Waals surface area contributed by atoms with Crippen molar-refractivity contribution >= 4 is 12.1 Å². The van der Waals surface area contributed by atoms with Crippen LogP contribution in [0.25, 0.3) is 0 Å². The van der Waals surface area contributed by atoms with Crippen LogP contribution in [0, 0.1) is 5.41 Å². The molecule has 2 aliphatic heterocycles. The molecule has 0 aliphatic carbocycles. The molecule has 1 amide bonds. The van der Waals surface area contributed by atoms with E-state index in [-0.39, 0.29) is 25.4 Å². The summed E-state index contributed by atoms with van der Waals surface area (Å²) in [6.45, 7) is 0.201. The fourth-order valence-electron chi connectivity index (χ4n) is 3.29. The zero-order chi connectivity index (χ0) is 15.6. The first-order valence-corrected chi connectivity index (χ1v) is 7.43. The van der Waals surface area contributed by atoms with Gasteiger partial charge in [-0.05, 0) is 24.8 Å². The molecule has 3 atom stereocenters. The minimum absolute atomic E-state index is 0.00300. The highest BCUT2D eigenvalue weighted by atomic mass is 16.5. The minimum atomic E-state index is -1.02. The Bertz CT molecular complexity index is 561. The Hall–Kier alpha value is -2.08. The number of amides is 1. The number of carbonyl (C=O) groups is 2. The van der Waals surface area contributed by atoms with Crippen LogP contribution in [0.5, 0.6) is 0 Å². The zero-order valence-corrected chi connectivity index (χ0v) is 12.2. The number of ether oxygens (including phenoxy) is 2. The topological polar surface area (TPSA) is 84.9 Å². The average molecular weight is 305 g/mol. The molecule has 0 unspecified atom stereocenters. The summed E-state index contributed by atoms with van der Waals surface area (Å²) in [7, 11) is 0. The molecule has 22 heavy (non-hydrogen) atoms. The summed E-state index contributed by atoms with van der Waals surface area (Å²) in [6, 6.07) is 9.33. The van der Waals surface area contributed by atoms with E-state index in [9.17, 15) is 14.7 Å². The number of aliphatic carboxylic acids is 1. The number of carbonyl (C=O) groups excluding carboxylic acids is 1. The van der Waals surface area contributed by atoms with Crippen LogP contribution in [0.3, 0.4) is 0 Å². The quantitative estimate of drug-likeness (QED) is 0.868. The van der Waals surface area contributed by atoms with Gasteiger partial charge in [0, 0.05) is 6.54 Å². The largest absolute Gasteiger partial charge is 0.481 e. The number of fused-ring (bicyclic) bond motifs is 2. The molecule has 2 fully saturated rings. The van der Waals surface area contributed by atoms with Crippen molar-refractivity contribution in [3.63, 3.8) is 0 Å². The van der Waals surface area contributed by atoms with Crippen LogP contribution in [0.4, 0.5) is 4.79 Å². The number of carboxylic acid groups (broad SMARTS) is 1. The Morgan fingerprint density at radius 1 is 1.32 bits per heavy atom. The highest BCUT2D eigenvalue weighted by Crippen LogP contribution is 2.47. The maximum Gasteiger partial charge on any atom is 0.407 e. The van der Waals surface area contributed by atoms with E-state index in [0.29, 0.717) is 6.42 Å². The first kappa shape index (κ1) is 14.8. The van der Waals surface area contributed by atoms with Crippen LogP contribution in [0.15, 0.2) is 30.3 Å². The van der Waals surface area contributed by atoms with Crippen molar-refractivity contribution in [2.24, 2.45) is 5.41 Å². The lowest BCUT2D eigenvalue weighted by Gasteiger charge is -2.30. The molecule has 2 saturated heterocycles. The second kappa shape index (κ2) is 5.96. The van der Waals surface area contributed by atoms with E-state index >= 15 is 0 Å². The van der Waals surface area contributed by atoms with Gasteiger partial charge in [0.25, 0.3) is 0 Å². The van der Waals surface area contributed by atoms with Crippen molar-refractivity contribution in [2.45, 2.75) is 38.1 Å². The lowest BCUT2D eigenvalue weighted by molar-refractivity contribution is -0.151. The molecule has 1 aromatic rings. The zero-order valence-electron chi connectivity index (χ0n) is 12.2. The Kier molecular flexibility index (Phi) is 4.02. The summed E-state index contributed by atoms with van der Waals surface area (Å²) < 4.78 is 10.7. The summed E-state index contributed by atoms with van der Waals surface area (Å²) >= 11 is 0. The predicted octanol–water partition coefficient (Wildman–Crippen LogP) is 1.94. The lowest BCUT2D eigenvalue weighted by Crippen LogP contribution is -2.49. The molecule has 0 aromatic heterocycles. The maximum atomic E-state index is 11.8. The number of nitrogens with one attached hydrogen (secondary N) is 1. The van der Waals surface area contributed by atoms with Crippen molar-refractivity contribution in [1.82, 2.24) is 5.32 Å². The number of benzene rings is 1. The van der Waals surface area contributed by atoms with Crippen LogP contribution in [-0.2, 0) is 20.9 Å². The lowest BCUT2D eigenvalue weighted by atomic mass is 9.74. The van der Waals surface area contributed by atoms with Crippen LogP contribution in [0.2, 0.25) is 0 Å². The molecule has 0 saturated carbocycles. The second-order valence-corrected chi connectivity index (χ2v) is 5.90. The van der Waals surface area contributed by atoms with E-state index in [2.05, 4.69) is 5.32 Å². The first-order valence-electron chi connectivity index (χ1n) is 7.43. The molecule has 6 heteroatoms. The van der Waals surface area contributed by atoms with Crippen molar-refractivity contribution < 1.29 is 24.2 Å². The van der Waals surface area contributed by atoms with Crippen molar-refractivity contribution in [1.29, 1.82) is 0 Å². The normalized spacial score (nSPS) is 29.3. The van der Waals surface area contributed by atoms with E-state index < -0.39 is 17.5 Å². The van der Waals surface area contributed by atoms with Gasteiger partial charge in [0.05, 0.1) is 12.2 Å². The maximum absolute atomic E-state index is 11.8. The van der Waals surface area contributed by atoms with Crippen LogP contribution in [0.1, 0.15) is 24.8 Å². The molecule has 3 rings (SSSR count). The summed E-state index contributed by atoms with van der Waals surface area (Å²) in [6.07, 6.45) is 1.17. The Morgan fingerprint density at radius 3 is 2.68 bits per heavy atom. The highest BCUT2D eigenvalue weighted by Gasteiger charge is 2.57. The second-order valence-electron chi connectivity index (χ2n) is 5.90.